The van der Waals surface area contributed by atoms with Crippen molar-refractivity contribution in [3.05, 3.63) is 35.9 Å². The van der Waals surface area contributed by atoms with Crippen molar-refractivity contribution in [2.24, 2.45) is 0 Å². The van der Waals surface area contributed by atoms with Gasteiger partial charge in [0, 0.05) is 13.7 Å². The molecule has 126 valence electrons. The predicted molar refractivity (Wildman–Crippen MR) is 82.5 cm³/mol. The second-order valence-corrected chi connectivity index (χ2v) is 4.53. The number of alkyl carbamates (subject to hydrolysis) is 1. The van der Waals surface area contributed by atoms with E-state index in [4.69, 9.17) is 9.47 Å². The zero-order chi connectivity index (χ0) is 16.9. The molecule has 8 nitrogen and oxygen atoms in total. The van der Waals surface area contributed by atoms with Crippen LogP contribution in [0.2, 0.25) is 0 Å². The lowest BCUT2D eigenvalue weighted by atomic mass is 10.2. The van der Waals surface area contributed by atoms with Crippen molar-refractivity contribution in [2.75, 3.05) is 33.4 Å². The van der Waals surface area contributed by atoms with E-state index >= 15 is 0 Å². The van der Waals surface area contributed by atoms with Crippen LogP contribution in [-0.4, -0.2) is 51.3 Å². The minimum atomic E-state index is -0.700. The van der Waals surface area contributed by atoms with Crippen LogP contribution in [0.1, 0.15) is 5.56 Å². The largest absolute Gasteiger partial charge is 0.445 e. The normalized spacial score (nSPS) is 9.78. The minimum absolute atomic E-state index is 0.121. The van der Waals surface area contributed by atoms with Crippen LogP contribution in [0.4, 0.5) is 4.79 Å². The lowest BCUT2D eigenvalue weighted by molar-refractivity contribution is -0.125. The monoisotopic (exact) mass is 323 g/mol. The zero-order valence-electron chi connectivity index (χ0n) is 13.0. The van der Waals surface area contributed by atoms with Crippen LogP contribution in [0.25, 0.3) is 0 Å². The van der Waals surface area contributed by atoms with Crippen molar-refractivity contribution in [1.29, 1.82) is 0 Å². The highest BCUT2D eigenvalue weighted by molar-refractivity contribution is 5.87. The van der Waals surface area contributed by atoms with Gasteiger partial charge in [-0.3, -0.25) is 9.59 Å². The van der Waals surface area contributed by atoms with E-state index in [0.29, 0.717) is 13.2 Å². The molecule has 0 saturated carbocycles. The number of carbonyl (C=O) groups excluding carboxylic acids is 3. The van der Waals surface area contributed by atoms with E-state index < -0.39 is 12.0 Å². The number of nitrogens with one attached hydrogen (secondary N) is 3. The van der Waals surface area contributed by atoms with Gasteiger partial charge in [0.05, 0.1) is 13.2 Å². The van der Waals surface area contributed by atoms with E-state index in [2.05, 4.69) is 16.0 Å². The molecular formula is C15H21N3O5. The molecule has 0 saturated heterocycles. The summed E-state index contributed by atoms with van der Waals surface area (Å²) >= 11 is 0. The second kappa shape index (κ2) is 11.0. The Bertz CT molecular complexity index is 507. The fraction of sp³-hybridized carbons (Fsp3) is 0.400. The summed E-state index contributed by atoms with van der Waals surface area (Å²) in [5.74, 6) is -0.814. The smallest absolute Gasteiger partial charge is 0.407 e. The molecule has 0 aliphatic carbocycles. The Kier molecular flexibility index (Phi) is 8.84. The molecule has 1 aromatic rings. The molecule has 0 aliphatic rings. The third-order valence-corrected chi connectivity index (χ3v) is 2.68. The SMILES string of the molecule is COCCNC(=O)CNC(=O)CNC(=O)OCc1ccccc1. The molecule has 0 atom stereocenters. The molecule has 0 heterocycles. The first-order valence-electron chi connectivity index (χ1n) is 7.08. The van der Waals surface area contributed by atoms with E-state index in [0.717, 1.165) is 5.56 Å². The van der Waals surface area contributed by atoms with Gasteiger partial charge < -0.3 is 25.4 Å². The Morgan fingerprint density at radius 3 is 2.30 bits per heavy atom. The average molecular weight is 323 g/mol. The second-order valence-electron chi connectivity index (χ2n) is 4.53. The van der Waals surface area contributed by atoms with Crippen LogP contribution in [0.5, 0.6) is 0 Å². The topological polar surface area (TPSA) is 106 Å². The molecule has 3 amide bonds. The molecule has 0 fully saturated rings. The molecule has 0 unspecified atom stereocenters. The number of ether oxygens (including phenoxy) is 2. The molecular weight excluding hydrogens is 302 g/mol. The molecule has 1 aromatic carbocycles. The van der Waals surface area contributed by atoms with E-state index in [1.54, 1.807) is 0 Å². The summed E-state index contributed by atoms with van der Waals surface area (Å²) in [6, 6.07) is 9.17. The van der Waals surface area contributed by atoms with Gasteiger partial charge in [0.2, 0.25) is 11.8 Å². The summed E-state index contributed by atoms with van der Waals surface area (Å²) in [6.45, 7) is 0.461. The maximum Gasteiger partial charge on any atom is 0.407 e. The van der Waals surface area contributed by atoms with Crippen molar-refractivity contribution < 1.29 is 23.9 Å². The number of carbonyl (C=O) groups is 3. The van der Waals surface area contributed by atoms with Crippen LogP contribution in [-0.2, 0) is 25.7 Å². The molecule has 23 heavy (non-hydrogen) atoms. The number of methoxy groups -OCH3 is 1. The van der Waals surface area contributed by atoms with Gasteiger partial charge in [-0.15, -0.1) is 0 Å². The van der Waals surface area contributed by atoms with Crippen LogP contribution in [0.15, 0.2) is 30.3 Å². The van der Waals surface area contributed by atoms with Crippen molar-refractivity contribution in [2.45, 2.75) is 6.61 Å². The van der Waals surface area contributed by atoms with Crippen molar-refractivity contribution in [3.63, 3.8) is 0 Å². The first-order valence-corrected chi connectivity index (χ1v) is 7.08. The van der Waals surface area contributed by atoms with E-state index in [1.807, 2.05) is 30.3 Å². The van der Waals surface area contributed by atoms with Crippen molar-refractivity contribution >= 4 is 17.9 Å². The maximum absolute atomic E-state index is 11.5. The number of hydrogen-bond donors (Lipinski definition) is 3. The van der Waals surface area contributed by atoms with E-state index in [9.17, 15) is 14.4 Å². The van der Waals surface area contributed by atoms with Crippen molar-refractivity contribution in [3.8, 4) is 0 Å². The summed E-state index contributed by atoms with van der Waals surface area (Å²) in [5.41, 5.74) is 0.847. The maximum atomic E-state index is 11.5. The zero-order valence-corrected chi connectivity index (χ0v) is 13.0. The number of amides is 3. The Hall–Kier alpha value is -2.61. The lowest BCUT2D eigenvalue weighted by Gasteiger charge is -2.08. The first-order chi connectivity index (χ1) is 11.1. The van der Waals surface area contributed by atoms with Crippen LogP contribution < -0.4 is 16.0 Å². The van der Waals surface area contributed by atoms with Gasteiger partial charge in [-0.05, 0) is 5.56 Å². The fourth-order valence-electron chi connectivity index (χ4n) is 1.52. The molecule has 0 aromatic heterocycles. The highest BCUT2D eigenvalue weighted by Gasteiger charge is 2.08. The van der Waals surface area contributed by atoms with Gasteiger partial charge in [-0.25, -0.2) is 4.79 Å². The molecule has 0 aliphatic heterocycles. The fourth-order valence-corrected chi connectivity index (χ4v) is 1.52. The number of rotatable bonds is 9. The Labute approximate surface area is 134 Å². The van der Waals surface area contributed by atoms with Crippen LogP contribution in [0, 0.1) is 0 Å². The summed E-state index contributed by atoms with van der Waals surface area (Å²) < 4.78 is 9.72. The average Bonchev–Trinajstić information content (AvgIpc) is 2.57. The van der Waals surface area contributed by atoms with E-state index in [-0.39, 0.29) is 25.6 Å². The first kappa shape index (κ1) is 18.4. The highest BCUT2D eigenvalue weighted by Crippen LogP contribution is 2.00. The summed E-state index contributed by atoms with van der Waals surface area (Å²) in [4.78, 5) is 34.2. The van der Waals surface area contributed by atoms with Gasteiger partial charge in [-0.1, -0.05) is 30.3 Å². The minimum Gasteiger partial charge on any atom is -0.445 e. The van der Waals surface area contributed by atoms with Crippen molar-refractivity contribution in [1.82, 2.24) is 16.0 Å². The quantitative estimate of drug-likeness (QED) is 0.545. The standard InChI is InChI=1S/C15H21N3O5/c1-22-8-7-16-13(19)9-17-14(20)10-18-15(21)23-11-12-5-3-2-4-6-12/h2-6H,7-11H2,1H3,(H,16,19)(H,17,20)(H,18,21). The molecule has 0 bridgehead atoms. The summed E-state index contributed by atoms with van der Waals surface area (Å²) in [5, 5.41) is 7.23. The van der Waals surface area contributed by atoms with Gasteiger partial charge in [0.15, 0.2) is 0 Å². The molecule has 1 rings (SSSR count). The molecule has 0 radical (unpaired) electrons. The summed E-state index contributed by atoms with van der Waals surface area (Å²) in [7, 11) is 1.52. The Morgan fingerprint density at radius 2 is 1.61 bits per heavy atom. The molecule has 3 N–H and O–H groups in total. The Balaban J connectivity index is 2.10. The van der Waals surface area contributed by atoms with Crippen LogP contribution >= 0.6 is 0 Å². The Morgan fingerprint density at radius 1 is 0.957 bits per heavy atom. The molecule has 8 heteroatoms. The lowest BCUT2D eigenvalue weighted by Crippen LogP contribution is -2.42. The summed E-state index contributed by atoms with van der Waals surface area (Å²) in [6.07, 6.45) is -0.700. The third kappa shape index (κ3) is 9.10. The van der Waals surface area contributed by atoms with Gasteiger partial charge in [-0.2, -0.15) is 0 Å². The van der Waals surface area contributed by atoms with Gasteiger partial charge in [0.1, 0.15) is 13.2 Å². The van der Waals surface area contributed by atoms with Gasteiger partial charge in [0.25, 0.3) is 0 Å². The number of hydrogen-bond acceptors (Lipinski definition) is 5. The van der Waals surface area contributed by atoms with Gasteiger partial charge >= 0.3 is 6.09 Å². The predicted octanol–water partition coefficient (Wildman–Crippen LogP) is -0.208. The number of benzene rings is 1. The third-order valence-electron chi connectivity index (χ3n) is 2.68. The van der Waals surface area contributed by atoms with Crippen LogP contribution in [0.3, 0.4) is 0 Å². The highest BCUT2D eigenvalue weighted by atomic mass is 16.5. The molecule has 0 spiro atoms. The van der Waals surface area contributed by atoms with E-state index in [1.165, 1.54) is 7.11 Å².